The maximum atomic E-state index is 11.3. The highest BCUT2D eigenvalue weighted by Gasteiger charge is 2.09. The minimum atomic E-state index is -0.484. The molecule has 0 aromatic heterocycles. The highest BCUT2D eigenvalue weighted by Crippen LogP contribution is 2.29. The van der Waals surface area contributed by atoms with Gasteiger partial charge in [0, 0.05) is 16.1 Å². The fourth-order valence-corrected chi connectivity index (χ4v) is 2.28. The summed E-state index contributed by atoms with van der Waals surface area (Å²) in [6.45, 7) is 1.47. The minimum Gasteiger partial charge on any atom is -0.457 e. The van der Waals surface area contributed by atoms with Gasteiger partial charge in [0.05, 0.1) is 11.0 Å². The van der Waals surface area contributed by atoms with Gasteiger partial charge >= 0.3 is 0 Å². The van der Waals surface area contributed by atoms with Crippen LogP contribution >= 0.6 is 15.9 Å². The third-order valence-electron chi connectivity index (χ3n) is 2.58. The van der Waals surface area contributed by atoms with E-state index in [-0.39, 0.29) is 11.5 Å². The number of nitro benzene ring substituents is 1. The molecule has 5 nitrogen and oxygen atoms in total. The highest BCUT2D eigenvalue weighted by atomic mass is 79.9. The zero-order valence-electron chi connectivity index (χ0n) is 10.5. The number of ether oxygens (including phenoxy) is 1. The molecule has 0 aliphatic rings. The lowest BCUT2D eigenvalue weighted by Crippen LogP contribution is -1.94. The van der Waals surface area contributed by atoms with Crippen LogP contribution in [-0.4, -0.2) is 10.7 Å². The summed E-state index contributed by atoms with van der Waals surface area (Å²) in [5.74, 6) is 0.794. The van der Waals surface area contributed by atoms with Crippen LogP contribution in [0.25, 0.3) is 0 Å². The molecule has 0 aliphatic carbocycles. The second kappa shape index (κ2) is 5.83. The third-order valence-corrected chi connectivity index (χ3v) is 3.24. The molecule has 0 saturated heterocycles. The molecule has 0 heterocycles. The van der Waals surface area contributed by atoms with Crippen molar-refractivity contribution in [2.45, 2.75) is 6.92 Å². The molecule has 0 radical (unpaired) electrons. The van der Waals surface area contributed by atoms with Crippen LogP contribution in [0.5, 0.6) is 11.5 Å². The van der Waals surface area contributed by atoms with Crippen LogP contribution in [0.2, 0.25) is 0 Å². The summed E-state index contributed by atoms with van der Waals surface area (Å²) in [6, 6.07) is 10.8. The molecule has 20 heavy (non-hydrogen) atoms. The maximum absolute atomic E-state index is 11.3. The van der Waals surface area contributed by atoms with Crippen molar-refractivity contribution in [3.63, 3.8) is 0 Å². The Balaban J connectivity index is 2.26. The Bertz CT molecular complexity index is 685. The Morgan fingerprint density at radius 2 is 1.90 bits per heavy atom. The molecule has 0 aliphatic heterocycles. The van der Waals surface area contributed by atoms with Crippen molar-refractivity contribution >= 4 is 27.4 Å². The minimum absolute atomic E-state index is 0.0399. The molecule has 0 bridgehead atoms. The third kappa shape index (κ3) is 3.21. The summed E-state index contributed by atoms with van der Waals surface area (Å²) >= 11 is 3.29. The zero-order valence-corrected chi connectivity index (χ0v) is 12.1. The summed E-state index contributed by atoms with van der Waals surface area (Å²) in [5, 5.41) is 10.7. The van der Waals surface area contributed by atoms with E-state index in [1.165, 1.54) is 19.1 Å². The Morgan fingerprint density at radius 1 is 1.20 bits per heavy atom. The highest BCUT2D eigenvalue weighted by molar-refractivity contribution is 9.10. The average molecular weight is 336 g/mol. The summed E-state index contributed by atoms with van der Waals surface area (Å²) in [7, 11) is 0. The van der Waals surface area contributed by atoms with Crippen molar-refractivity contribution in [2.24, 2.45) is 0 Å². The summed E-state index contributed by atoms with van der Waals surface area (Å²) in [5.41, 5.74) is 0.512. The lowest BCUT2D eigenvalue weighted by Gasteiger charge is -2.07. The molecule has 2 aromatic rings. The fraction of sp³-hybridized carbons (Fsp3) is 0.0714. The number of Topliss-reactive ketones (excluding diaryl/α,β-unsaturated/α-hetero) is 1. The van der Waals surface area contributed by atoms with Crippen molar-refractivity contribution in [3.05, 3.63) is 62.6 Å². The molecule has 0 spiro atoms. The second-order valence-corrected chi connectivity index (χ2v) is 4.91. The van der Waals surface area contributed by atoms with E-state index in [1.807, 2.05) is 0 Å². The van der Waals surface area contributed by atoms with Crippen LogP contribution in [0.15, 0.2) is 46.9 Å². The predicted octanol–water partition coefficient (Wildman–Crippen LogP) is 4.35. The molecule has 2 rings (SSSR count). The van der Waals surface area contributed by atoms with Gasteiger partial charge < -0.3 is 4.74 Å². The Morgan fingerprint density at radius 3 is 2.50 bits per heavy atom. The number of hydrogen-bond donors (Lipinski definition) is 0. The standard InChI is InChI=1S/C14H10BrNO4/c1-9(17)13-6-5-12(8-14(13)15)20-11-4-2-3-10(7-11)16(18)19/h2-8H,1H3. The largest absolute Gasteiger partial charge is 0.457 e. The number of non-ortho nitro benzene ring substituents is 1. The van der Waals surface area contributed by atoms with Crippen LogP contribution in [0.4, 0.5) is 5.69 Å². The predicted molar refractivity (Wildman–Crippen MR) is 77.3 cm³/mol. The smallest absolute Gasteiger partial charge is 0.273 e. The van der Waals surface area contributed by atoms with E-state index >= 15 is 0 Å². The SMILES string of the molecule is CC(=O)c1ccc(Oc2cccc([N+](=O)[O-])c2)cc1Br. The van der Waals surface area contributed by atoms with Gasteiger partial charge in [-0.3, -0.25) is 14.9 Å². The van der Waals surface area contributed by atoms with Crippen LogP contribution in [0, 0.1) is 10.1 Å². The van der Waals surface area contributed by atoms with Gasteiger partial charge in [0.1, 0.15) is 11.5 Å². The van der Waals surface area contributed by atoms with E-state index in [9.17, 15) is 14.9 Å². The monoisotopic (exact) mass is 335 g/mol. The number of halogens is 1. The summed E-state index contributed by atoms with van der Waals surface area (Å²) < 4.78 is 6.16. The van der Waals surface area contributed by atoms with Crippen LogP contribution in [0.3, 0.4) is 0 Å². The molecule has 0 unspecified atom stereocenters. The number of carbonyl (C=O) groups is 1. The first-order valence-corrected chi connectivity index (χ1v) is 6.49. The van der Waals surface area contributed by atoms with E-state index in [2.05, 4.69) is 15.9 Å². The number of benzene rings is 2. The number of hydrogen-bond acceptors (Lipinski definition) is 4. The van der Waals surface area contributed by atoms with Crippen LogP contribution < -0.4 is 4.74 Å². The van der Waals surface area contributed by atoms with Crippen molar-refractivity contribution in [1.29, 1.82) is 0 Å². The molecule has 0 atom stereocenters. The Kier molecular flexibility index (Phi) is 4.14. The van der Waals surface area contributed by atoms with Gasteiger partial charge in [-0.15, -0.1) is 0 Å². The van der Waals surface area contributed by atoms with Crippen molar-refractivity contribution in [1.82, 2.24) is 0 Å². The van der Waals surface area contributed by atoms with Gasteiger partial charge in [-0.25, -0.2) is 0 Å². The van der Waals surface area contributed by atoms with Gasteiger partial charge in [0.2, 0.25) is 0 Å². The average Bonchev–Trinajstić information content (AvgIpc) is 2.38. The molecule has 2 aromatic carbocycles. The van der Waals surface area contributed by atoms with E-state index < -0.39 is 4.92 Å². The number of nitrogens with zero attached hydrogens (tertiary/aromatic N) is 1. The van der Waals surface area contributed by atoms with E-state index in [1.54, 1.807) is 30.3 Å². The van der Waals surface area contributed by atoms with Gasteiger partial charge in [0.25, 0.3) is 5.69 Å². The van der Waals surface area contributed by atoms with Gasteiger partial charge in [-0.05, 0) is 47.1 Å². The quantitative estimate of drug-likeness (QED) is 0.473. The van der Waals surface area contributed by atoms with Gasteiger partial charge in [-0.2, -0.15) is 0 Å². The molecule has 0 amide bonds. The van der Waals surface area contributed by atoms with Crippen LogP contribution in [-0.2, 0) is 0 Å². The van der Waals surface area contributed by atoms with Gasteiger partial charge in [-0.1, -0.05) is 6.07 Å². The second-order valence-electron chi connectivity index (χ2n) is 4.05. The summed E-state index contributed by atoms with van der Waals surface area (Å²) in [4.78, 5) is 21.5. The van der Waals surface area contributed by atoms with Crippen LogP contribution in [0.1, 0.15) is 17.3 Å². The molecular weight excluding hydrogens is 326 g/mol. The Hall–Kier alpha value is -2.21. The summed E-state index contributed by atoms with van der Waals surface area (Å²) in [6.07, 6.45) is 0. The number of nitro groups is 1. The molecular formula is C14H10BrNO4. The van der Waals surface area contributed by atoms with Crippen molar-refractivity contribution < 1.29 is 14.5 Å². The Labute approximate surface area is 123 Å². The van der Waals surface area contributed by atoms with Gasteiger partial charge in [0.15, 0.2) is 5.78 Å². The molecule has 0 saturated carbocycles. The number of carbonyl (C=O) groups excluding carboxylic acids is 1. The molecule has 102 valence electrons. The first kappa shape index (κ1) is 14.2. The molecule has 6 heteroatoms. The fourth-order valence-electron chi connectivity index (χ4n) is 1.64. The van der Waals surface area contributed by atoms with E-state index in [0.717, 1.165) is 0 Å². The molecule has 0 N–H and O–H groups in total. The zero-order chi connectivity index (χ0) is 14.7. The topological polar surface area (TPSA) is 69.4 Å². The first-order chi connectivity index (χ1) is 9.47. The van der Waals surface area contributed by atoms with Crippen molar-refractivity contribution in [2.75, 3.05) is 0 Å². The number of rotatable bonds is 4. The molecule has 0 fully saturated rings. The first-order valence-electron chi connectivity index (χ1n) is 5.70. The van der Waals surface area contributed by atoms with E-state index in [0.29, 0.717) is 21.5 Å². The van der Waals surface area contributed by atoms with E-state index in [4.69, 9.17) is 4.74 Å². The maximum Gasteiger partial charge on any atom is 0.273 e. The lowest BCUT2D eigenvalue weighted by atomic mass is 10.1. The van der Waals surface area contributed by atoms with Crippen molar-refractivity contribution in [3.8, 4) is 11.5 Å². The normalized spacial score (nSPS) is 10.1. The lowest BCUT2D eigenvalue weighted by molar-refractivity contribution is -0.384. The number of ketones is 1.